The van der Waals surface area contributed by atoms with Crippen LogP contribution in [0.25, 0.3) is 0 Å². The molecule has 1 aromatic rings. The van der Waals surface area contributed by atoms with Crippen LogP contribution in [0.3, 0.4) is 0 Å². The standard InChI is InChI=1S/C16H21BrN2O2/c17-14-5-3-4-13(10-14)11-18-8-9-21-15(12-18)16(20)19-6-1-2-7-19/h3-5,10,15H,1-2,6-9,11-12H2. The maximum Gasteiger partial charge on any atom is 0.253 e. The Bertz CT molecular complexity index is 503. The molecule has 0 bridgehead atoms. The number of morpholine rings is 1. The van der Waals surface area contributed by atoms with E-state index in [-0.39, 0.29) is 12.0 Å². The number of nitrogens with zero attached hydrogens (tertiary/aromatic N) is 2. The van der Waals surface area contributed by atoms with Crippen LogP contribution in [0, 0.1) is 0 Å². The smallest absolute Gasteiger partial charge is 0.253 e. The van der Waals surface area contributed by atoms with Gasteiger partial charge in [-0.15, -0.1) is 0 Å². The normalized spacial score (nSPS) is 23.5. The van der Waals surface area contributed by atoms with Crippen molar-refractivity contribution in [3.8, 4) is 0 Å². The second kappa shape index (κ2) is 6.90. The minimum atomic E-state index is -0.288. The molecule has 2 heterocycles. The molecule has 0 spiro atoms. The fraction of sp³-hybridized carbons (Fsp3) is 0.562. The first-order valence-electron chi connectivity index (χ1n) is 7.59. The Morgan fingerprint density at radius 3 is 2.86 bits per heavy atom. The fourth-order valence-corrected chi connectivity index (χ4v) is 3.48. The van der Waals surface area contributed by atoms with Crippen LogP contribution in [-0.4, -0.2) is 54.6 Å². The summed E-state index contributed by atoms with van der Waals surface area (Å²) in [7, 11) is 0. The van der Waals surface area contributed by atoms with Crippen LogP contribution in [0.15, 0.2) is 28.7 Å². The summed E-state index contributed by atoms with van der Waals surface area (Å²) in [4.78, 5) is 16.7. The van der Waals surface area contributed by atoms with E-state index in [2.05, 4.69) is 33.0 Å². The predicted molar refractivity (Wildman–Crippen MR) is 85.0 cm³/mol. The highest BCUT2D eigenvalue weighted by Gasteiger charge is 2.31. The lowest BCUT2D eigenvalue weighted by Crippen LogP contribution is -2.50. The van der Waals surface area contributed by atoms with Crippen LogP contribution in [-0.2, 0) is 16.1 Å². The molecule has 2 fully saturated rings. The number of likely N-dealkylation sites (tertiary alicyclic amines) is 1. The van der Waals surface area contributed by atoms with Gasteiger partial charge in [0, 0.05) is 37.2 Å². The van der Waals surface area contributed by atoms with Gasteiger partial charge >= 0.3 is 0 Å². The van der Waals surface area contributed by atoms with E-state index in [4.69, 9.17) is 4.74 Å². The SMILES string of the molecule is O=C(C1CN(Cc2cccc(Br)c2)CCO1)N1CCCC1. The van der Waals surface area contributed by atoms with Gasteiger partial charge in [-0.25, -0.2) is 0 Å². The Morgan fingerprint density at radius 1 is 1.29 bits per heavy atom. The Balaban J connectivity index is 1.59. The third kappa shape index (κ3) is 3.84. The Labute approximate surface area is 134 Å². The van der Waals surface area contributed by atoms with E-state index in [0.29, 0.717) is 13.2 Å². The van der Waals surface area contributed by atoms with Gasteiger partial charge in [0.1, 0.15) is 6.10 Å². The summed E-state index contributed by atoms with van der Waals surface area (Å²) in [5, 5.41) is 0. The molecule has 1 aromatic carbocycles. The van der Waals surface area contributed by atoms with Crippen molar-refractivity contribution < 1.29 is 9.53 Å². The van der Waals surface area contributed by atoms with Gasteiger partial charge in [-0.2, -0.15) is 0 Å². The molecule has 3 rings (SSSR count). The second-order valence-corrected chi connectivity index (χ2v) is 6.67. The van der Waals surface area contributed by atoms with Gasteiger partial charge in [-0.3, -0.25) is 9.69 Å². The molecular weight excluding hydrogens is 332 g/mol. The van der Waals surface area contributed by atoms with E-state index < -0.39 is 0 Å². The van der Waals surface area contributed by atoms with Gasteiger partial charge in [0.15, 0.2) is 0 Å². The molecule has 0 aliphatic carbocycles. The number of benzene rings is 1. The molecule has 1 amide bonds. The van der Waals surface area contributed by atoms with Gasteiger partial charge in [0.05, 0.1) is 6.61 Å². The molecule has 4 nitrogen and oxygen atoms in total. The van der Waals surface area contributed by atoms with Crippen LogP contribution in [0.2, 0.25) is 0 Å². The minimum absolute atomic E-state index is 0.173. The summed E-state index contributed by atoms with van der Waals surface area (Å²) in [6, 6.07) is 8.33. The Morgan fingerprint density at radius 2 is 2.10 bits per heavy atom. The van der Waals surface area contributed by atoms with E-state index in [0.717, 1.165) is 43.5 Å². The zero-order valence-corrected chi connectivity index (χ0v) is 13.7. The number of amides is 1. The van der Waals surface area contributed by atoms with Gasteiger partial charge in [0.2, 0.25) is 0 Å². The molecule has 5 heteroatoms. The molecule has 0 N–H and O–H groups in total. The first-order chi connectivity index (χ1) is 10.2. The van der Waals surface area contributed by atoms with Crippen LogP contribution in [0.5, 0.6) is 0 Å². The molecule has 0 aromatic heterocycles. The van der Waals surface area contributed by atoms with E-state index in [9.17, 15) is 4.79 Å². The molecule has 1 atom stereocenters. The largest absolute Gasteiger partial charge is 0.366 e. The van der Waals surface area contributed by atoms with Gasteiger partial charge in [0.25, 0.3) is 5.91 Å². The quantitative estimate of drug-likeness (QED) is 0.836. The lowest BCUT2D eigenvalue weighted by molar-refractivity contribution is -0.148. The van der Waals surface area contributed by atoms with Crippen molar-refractivity contribution >= 4 is 21.8 Å². The van der Waals surface area contributed by atoms with Crippen LogP contribution >= 0.6 is 15.9 Å². The van der Waals surface area contributed by atoms with Gasteiger partial charge in [-0.1, -0.05) is 28.1 Å². The zero-order valence-electron chi connectivity index (χ0n) is 12.1. The monoisotopic (exact) mass is 352 g/mol. The maximum atomic E-state index is 12.4. The number of hydrogen-bond donors (Lipinski definition) is 0. The average molecular weight is 353 g/mol. The Kier molecular flexibility index (Phi) is 4.93. The van der Waals surface area contributed by atoms with Crippen LogP contribution < -0.4 is 0 Å². The number of carbonyl (C=O) groups is 1. The lowest BCUT2D eigenvalue weighted by atomic mass is 10.2. The molecule has 114 valence electrons. The number of hydrogen-bond acceptors (Lipinski definition) is 3. The van der Waals surface area contributed by atoms with Crippen molar-refractivity contribution in [1.82, 2.24) is 9.80 Å². The highest BCUT2D eigenvalue weighted by molar-refractivity contribution is 9.10. The minimum Gasteiger partial charge on any atom is -0.366 e. The third-order valence-corrected chi connectivity index (χ3v) is 4.63. The zero-order chi connectivity index (χ0) is 14.7. The number of halogens is 1. The summed E-state index contributed by atoms with van der Waals surface area (Å²) in [5.41, 5.74) is 1.26. The summed E-state index contributed by atoms with van der Waals surface area (Å²) in [5.74, 6) is 0.173. The highest BCUT2D eigenvalue weighted by Crippen LogP contribution is 2.17. The van der Waals surface area contributed by atoms with E-state index >= 15 is 0 Å². The molecule has 2 aliphatic heterocycles. The number of ether oxygens (including phenoxy) is 1. The van der Waals surface area contributed by atoms with Crippen LogP contribution in [0.1, 0.15) is 18.4 Å². The van der Waals surface area contributed by atoms with Crippen molar-refractivity contribution in [3.05, 3.63) is 34.3 Å². The van der Waals surface area contributed by atoms with Crippen molar-refractivity contribution in [2.75, 3.05) is 32.8 Å². The third-order valence-electron chi connectivity index (χ3n) is 4.14. The summed E-state index contributed by atoms with van der Waals surface area (Å²) in [6.07, 6.45) is 1.96. The van der Waals surface area contributed by atoms with E-state index in [1.807, 2.05) is 17.0 Å². The van der Waals surface area contributed by atoms with E-state index in [1.54, 1.807) is 0 Å². The van der Waals surface area contributed by atoms with Crippen LogP contribution in [0.4, 0.5) is 0 Å². The predicted octanol–water partition coefficient (Wildman–Crippen LogP) is 2.27. The van der Waals surface area contributed by atoms with Crippen molar-refractivity contribution in [2.45, 2.75) is 25.5 Å². The molecule has 0 saturated carbocycles. The molecule has 21 heavy (non-hydrogen) atoms. The maximum absolute atomic E-state index is 12.4. The summed E-state index contributed by atoms with van der Waals surface area (Å²) >= 11 is 3.50. The number of carbonyl (C=O) groups excluding carboxylic acids is 1. The second-order valence-electron chi connectivity index (χ2n) is 5.76. The van der Waals surface area contributed by atoms with Gasteiger partial charge in [-0.05, 0) is 30.5 Å². The first-order valence-corrected chi connectivity index (χ1v) is 8.39. The van der Waals surface area contributed by atoms with E-state index in [1.165, 1.54) is 5.56 Å². The topological polar surface area (TPSA) is 32.8 Å². The van der Waals surface area contributed by atoms with Crippen molar-refractivity contribution in [3.63, 3.8) is 0 Å². The highest BCUT2D eigenvalue weighted by atomic mass is 79.9. The molecular formula is C16H21BrN2O2. The number of rotatable bonds is 3. The lowest BCUT2D eigenvalue weighted by Gasteiger charge is -2.34. The summed E-state index contributed by atoms with van der Waals surface area (Å²) in [6.45, 7) is 4.87. The average Bonchev–Trinajstić information content (AvgIpc) is 3.01. The fourth-order valence-electron chi connectivity index (χ4n) is 3.03. The molecule has 1 unspecified atom stereocenters. The van der Waals surface area contributed by atoms with Crippen molar-refractivity contribution in [1.29, 1.82) is 0 Å². The molecule has 2 saturated heterocycles. The molecule has 2 aliphatic rings. The summed E-state index contributed by atoms with van der Waals surface area (Å²) < 4.78 is 6.80. The first kappa shape index (κ1) is 15.0. The molecule has 0 radical (unpaired) electrons. The van der Waals surface area contributed by atoms with Crippen molar-refractivity contribution in [2.24, 2.45) is 0 Å². The van der Waals surface area contributed by atoms with Gasteiger partial charge < -0.3 is 9.64 Å². The Hall–Kier alpha value is -0.910.